The van der Waals surface area contributed by atoms with Crippen LogP contribution in [0, 0.1) is 5.92 Å². The Labute approximate surface area is 206 Å². The fraction of sp³-hybridized carbons (Fsp3) is 0.222. The van der Waals surface area contributed by atoms with Crippen LogP contribution in [-0.4, -0.2) is 34.2 Å². The van der Waals surface area contributed by atoms with Crippen LogP contribution >= 0.6 is 23.2 Å². The van der Waals surface area contributed by atoms with Gasteiger partial charge in [-0.2, -0.15) is 0 Å². The van der Waals surface area contributed by atoms with Crippen molar-refractivity contribution in [3.05, 3.63) is 92.6 Å². The Balaban J connectivity index is 1.35. The molecule has 0 aliphatic carbocycles. The molecule has 5 rings (SSSR count). The number of amides is 1. The standard InChI is InChI=1S/C27H22Cl2N2O3/c28-21-10-9-18(15-22(21)29)26(33)17-11-13-30(14-12-17)25(32)16-31-23-7-3-1-5-19(23)27(34)20-6-2-4-8-24(20)31/h1-10,15,17H,11-14,16H2. The Morgan fingerprint density at radius 1 is 0.824 bits per heavy atom. The third-order valence-electron chi connectivity index (χ3n) is 6.59. The number of halogens is 2. The Morgan fingerprint density at radius 3 is 2.00 bits per heavy atom. The van der Waals surface area contributed by atoms with E-state index in [4.69, 9.17) is 23.2 Å². The maximum atomic E-state index is 13.3. The number of likely N-dealkylation sites (tertiary alicyclic amines) is 1. The molecule has 172 valence electrons. The summed E-state index contributed by atoms with van der Waals surface area (Å²) < 4.78 is 1.92. The zero-order valence-corrected chi connectivity index (χ0v) is 19.9. The maximum Gasteiger partial charge on any atom is 0.242 e. The first-order valence-electron chi connectivity index (χ1n) is 11.2. The molecule has 0 bridgehead atoms. The highest BCUT2D eigenvalue weighted by Gasteiger charge is 2.28. The number of nitrogens with zero attached hydrogens (tertiary/aromatic N) is 2. The van der Waals surface area contributed by atoms with Crippen LogP contribution in [0.15, 0.2) is 71.5 Å². The second kappa shape index (κ2) is 9.24. The monoisotopic (exact) mass is 492 g/mol. The largest absolute Gasteiger partial charge is 0.341 e. The van der Waals surface area contributed by atoms with Crippen molar-refractivity contribution in [3.8, 4) is 0 Å². The molecule has 3 aromatic carbocycles. The molecule has 1 aromatic heterocycles. The minimum absolute atomic E-state index is 0.0283. The third kappa shape index (κ3) is 4.10. The summed E-state index contributed by atoms with van der Waals surface area (Å²) in [4.78, 5) is 40.9. The number of piperidine rings is 1. The molecular formula is C27H22Cl2N2O3. The molecule has 1 saturated heterocycles. The SMILES string of the molecule is O=C(c1ccc(Cl)c(Cl)c1)C1CCN(C(=O)Cn2c3ccccc3c(=O)c3ccccc32)CC1. The molecule has 34 heavy (non-hydrogen) atoms. The molecule has 5 nitrogen and oxygen atoms in total. The lowest BCUT2D eigenvalue weighted by atomic mass is 9.89. The summed E-state index contributed by atoms with van der Waals surface area (Å²) in [6, 6.07) is 19.7. The average molecular weight is 493 g/mol. The summed E-state index contributed by atoms with van der Waals surface area (Å²) in [6.45, 7) is 1.14. The van der Waals surface area contributed by atoms with Gasteiger partial charge in [-0.25, -0.2) is 0 Å². The van der Waals surface area contributed by atoms with Gasteiger partial charge in [0.05, 0.1) is 21.1 Å². The van der Waals surface area contributed by atoms with Gasteiger partial charge in [-0.3, -0.25) is 14.4 Å². The van der Waals surface area contributed by atoms with Crippen LogP contribution in [0.5, 0.6) is 0 Å². The summed E-state index contributed by atoms with van der Waals surface area (Å²) in [5.74, 6) is -0.155. The van der Waals surface area contributed by atoms with Crippen LogP contribution in [0.3, 0.4) is 0 Å². The van der Waals surface area contributed by atoms with E-state index < -0.39 is 0 Å². The lowest BCUT2D eigenvalue weighted by molar-refractivity contribution is -0.132. The zero-order chi connectivity index (χ0) is 23.8. The van der Waals surface area contributed by atoms with Gasteiger partial charge in [0.25, 0.3) is 0 Å². The quantitative estimate of drug-likeness (QED) is 0.275. The van der Waals surface area contributed by atoms with Gasteiger partial charge < -0.3 is 9.47 Å². The Hall–Kier alpha value is -3.15. The second-order valence-corrected chi connectivity index (χ2v) is 9.41. The Morgan fingerprint density at radius 2 is 1.41 bits per heavy atom. The van der Waals surface area contributed by atoms with Crippen molar-refractivity contribution >= 4 is 56.7 Å². The maximum absolute atomic E-state index is 13.3. The number of rotatable bonds is 4. The van der Waals surface area contributed by atoms with Gasteiger partial charge in [0.2, 0.25) is 5.91 Å². The smallest absolute Gasteiger partial charge is 0.242 e. The van der Waals surface area contributed by atoms with E-state index in [0.29, 0.717) is 52.3 Å². The lowest BCUT2D eigenvalue weighted by Crippen LogP contribution is -2.42. The molecule has 0 saturated carbocycles. The first-order valence-corrected chi connectivity index (χ1v) is 12.0. The van der Waals surface area contributed by atoms with Gasteiger partial charge in [0, 0.05) is 35.3 Å². The third-order valence-corrected chi connectivity index (χ3v) is 7.33. The molecule has 2 heterocycles. The molecule has 0 radical (unpaired) electrons. The van der Waals surface area contributed by atoms with Crippen molar-refractivity contribution in [2.45, 2.75) is 19.4 Å². The minimum Gasteiger partial charge on any atom is -0.341 e. The van der Waals surface area contributed by atoms with Crippen LogP contribution in [0.2, 0.25) is 10.0 Å². The van der Waals surface area contributed by atoms with Gasteiger partial charge >= 0.3 is 0 Å². The summed E-state index contributed by atoms with van der Waals surface area (Å²) in [5, 5.41) is 1.97. The van der Waals surface area contributed by atoms with Crippen LogP contribution in [-0.2, 0) is 11.3 Å². The molecule has 0 spiro atoms. The molecule has 0 atom stereocenters. The second-order valence-electron chi connectivity index (χ2n) is 8.60. The number of ketones is 1. The minimum atomic E-state index is -0.157. The molecule has 7 heteroatoms. The van der Waals surface area contributed by atoms with Crippen molar-refractivity contribution < 1.29 is 9.59 Å². The fourth-order valence-corrected chi connectivity index (χ4v) is 5.06. The zero-order valence-electron chi connectivity index (χ0n) is 18.3. The van der Waals surface area contributed by atoms with Gasteiger partial charge in [-0.05, 0) is 55.3 Å². The van der Waals surface area contributed by atoms with Gasteiger partial charge in [-0.1, -0.05) is 47.5 Å². The van der Waals surface area contributed by atoms with E-state index >= 15 is 0 Å². The molecule has 4 aromatic rings. The molecular weight excluding hydrogens is 471 g/mol. The molecule has 1 fully saturated rings. The molecule has 1 amide bonds. The molecule has 0 N–H and O–H groups in total. The number of Topliss-reactive ketones (excluding diaryl/α,β-unsaturated/α-hetero) is 1. The predicted molar refractivity (Wildman–Crippen MR) is 136 cm³/mol. The van der Waals surface area contributed by atoms with Crippen molar-refractivity contribution in [1.29, 1.82) is 0 Å². The summed E-state index contributed by atoms with van der Waals surface area (Å²) in [7, 11) is 0. The van der Waals surface area contributed by atoms with E-state index in [1.165, 1.54) is 0 Å². The van der Waals surface area contributed by atoms with Gasteiger partial charge in [-0.15, -0.1) is 0 Å². The van der Waals surface area contributed by atoms with Crippen LogP contribution in [0.4, 0.5) is 0 Å². The predicted octanol–water partition coefficient (Wildman–Crippen LogP) is 5.58. The van der Waals surface area contributed by atoms with Crippen LogP contribution in [0.25, 0.3) is 21.8 Å². The Kier molecular flexibility index (Phi) is 6.15. The molecule has 1 aliphatic heterocycles. The van der Waals surface area contributed by atoms with E-state index in [2.05, 4.69) is 0 Å². The number of pyridine rings is 1. The number of hydrogen-bond acceptors (Lipinski definition) is 3. The highest BCUT2D eigenvalue weighted by Crippen LogP contribution is 2.27. The number of benzene rings is 3. The van der Waals surface area contributed by atoms with E-state index in [9.17, 15) is 14.4 Å². The van der Waals surface area contributed by atoms with Crippen molar-refractivity contribution in [2.75, 3.05) is 13.1 Å². The summed E-state index contributed by atoms with van der Waals surface area (Å²) in [5.41, 5.74) is 2.00. The highest BCUT2D eigenvalue weighted by atomic mass is 35.5. The van der Waals surface area contributed by atoms with Gasteiger partial charge in [0.15, 0.2) is 11.2 Å². The van der Waals surface area contributed by atoms with E-state index in [0.717, 1.165) is 11.0 Å². The van der Waals surface area contributed by atoms with Crippen LogP contribution in [0.1, 0.15) is 23.2 Å². The summed E-state index contributed by atoms with van der Waals surface area (Å²) >= 11 is 12.0. The van der Waals surface area contributed by atoms with Crippen molar-refractivity contribution in [3.63, 3.8) is 0 Å². The van der Waals surface area contributed by atoms with Crippen LogP contribution < -0.4 is 5.43 Å². The molecule has 1 aliphatic rings. The van der Waals surface area contributed by atoms with E-state index in [1.54, 1.807) is 35.2 Å². The van der Waals surface area contributed by atoms with E-state index in [1.807, 2.05) is 41.0 Å². The first-order chi connectivity index (χ1) is 16.4. The lowest BCUT2D eigenvalue weighted by Gasteiger charge is -2.32. The normalized spacial score (nSPS) is 14.6. The first kappa shape index (κ1) is 22.6. The number of carbonyl (C=O) groups excluding carboxylic acids is 2. The van der Waals surface area contributed by atoms with Crippen molar-refractivity contribution in [1.82, 2.24) is 9.47 Å². The highest BCUT2D eigenvalue weighted by molar-refractivity contribution is 6.42. The molecule has 0 unspecified atom stereocenters. The number of carbonyl (C=O) groups is 2. The number of para-hydroxylation sites is 2. The van der Waals surface area contributed by atoms with E-state index in [-0.39, 0.29) is 29.6 Å². The van der Waals surface area contributed by atoms with Gasteiger partial charge in [0.1, 0.15) is 6.54 Å². The number of hydrogen-bond donors (Lipinski definition) is 0. The Bertz CT molecular complexity index is 1430. The topological polar surface area (TPSA) is 59.4 Å². The van der Waals surface area contributed by atoms with Crippen molar-refractivity contribution in [2.24, 2.45) is 5.92 Å². The number of aromatic nitrogens is 1. The average Bonchev–Trinajstić information content (AvgIpc) is 2.87. The number of fused-ring (bicyclic) bond motifs is 2. The fourth-order valence-electron chi connectivity index (χ4n) is 4.76. The summed E-state index contributed by atoms with van der Waals surface area (Å²) in [6.07, 6.45) is 1.19.